The molecule has 1 amide bonds. The number of carbonyl (C=O) groups is 1. The lowest BCUT2D eigenvalue weighted by molar-refractivity contribution is 0.0303. The van der Waals surface area contributed by atoms with Crippen LogP contribution in [0.2, 0.25) is 5.15 Å². The highest BCUT2D eigenvalue weighted by atomic mass is 35.5. The smallest absolute Gasteiger partial charge is 0.254 e. The summed E-state index contributed by atoms with van der Waals surface area (Å²) in [6.45, 7) is 4.58. The zero-order valence-electron chi connectivity index (χ0n) is 15.6. The van der Waals surface area contributed by atoms with Crippen molar-refractivity contribution >= 4 is 35.1 Å². The van der Waals surface area contributed by atoms with Crippen LogP contribution in [0.15, 0.2) is 35.5 Å². The molecule has 1 aromatic heterocycles. The summed E-state index contributed by atoms with van der Waals surface area (Å²) in [7, 11) is 0. The molecule has 2 aromatic rings. The Morgan fingerprint density at radius 2 is 1.79 bits per heavy atom. The Bertz CT molecular complexity index is 821. The van der Waals surface area contributed by atoms with E-state index in [1.807, 2.05) is 35.2 Å². The fraction of sp³-hybridized carbons (Fsp3) is 0.450. The van der Waals surface area contributed by atoms with Crippen molar-refractivity contribution in [2.75, 3.05) is 44.3 Å². The molecule has 2 aliphatic rings. The van der Waals surface area contributed by atoms with E-state index >= 15 is 0 Å². The molecule has 0 spiro atoms. The van der Waals surface area contributed by atoms with E-state index in [1.165, 1.54) is 12.8 Å². The van der Waals surface area contributed by atoms with Crippen LogP contribution in [0.3, 0.4) is 0 Å². The molecule has 2 fully saturated rings. The second kappa shape index (κ2) is 9.11. The lowest BCUT2D eigenvalue weighted by Crippen LogP contribution is -2.40. The molecule has 0 bridgehead atoms. The van der Waals surface area contributed by atoms with Gasteiger partial charge in [-0.1, -0.05) is 35.5 Å². The van der Waals surface area contributed by atoms with E-state index in [-0.39, 0.29) is 5.91 Å². The number of carbonyl (C=O) groups excluding carboxylic acids is 1. The maximum atomic E-state index is 12.5. The highest BCUT2D eigenvalue weighted by Gasteiger charge is 2.18. The minimum absolute atomic E-state index is 0.0657. The van der Waals surface area contributed by atoms with Crippen LogP contribution in [0.25, 0.3) is 0 Å². The maximum absolute atomic E-state index is 12.5. The topological polar surface area (TPSA) is 58.6 Å². The van der Waals surface area contributed by atoms with Crippen molar-refractivity contribution in [3.05, 3.63) is 46.6 Å². The molecule has 4 rings (SSSR count). The van der Waals surface area contributed by atoms with Gasteiger partial charge < -0.3 is 14.5 Å². The standard InChI is InChI=1S/C20H23ClN4O2S/c21-17-13-18(24-7-1-2-8-24)23-20(22-17)28-14-15-3-5-16(6-4-15)19(26)25-9-11-27-12-10-25/h3-6,13H,1-2,7-12,14H2. The van der Waals surface area contributed by atoms with Gasteiger partial charge in [-0.15, -0.1) is 0 Å². The summed E-state index contributed by atoms with van der Waals surface area (Å²) >= 11 is 7.76. The summed E-state index contributed by atoms with van der Waals surface area (Å²) in [5.74, 6) is 1.70. The number of morpholine rings is 1. The Balaban J connectivity index is 1.38. The number of ether oxygens (including phenoxy) is 1. The fourth-order valence-corrected chi connectivity index (χ4v) is 4.44. The van der Waals surface area contributed by atoms with Crippen LogP contribution in [-0.2, 0) is 10.5 Å². The van der Waals surface area contributed by atoms with Gasteiger partial charge >= 0.3 is 0 Å². The van der Waals surface area contributed by atoms with Crippen LogP contribution in [0, 0.1) is 0 Å². The molecule has 0 aliphatic carbocycles. The van der Waals surface area contributed by atoms with Crippen molar-refractivity contribution in [2.24, 2.45) is 0 Å². The molecular formula is C20H23ClN4O2S. The summed E-state index contributed by atoms with van der Waals surface area (Å²) in [4.78, 5) is 25.6. The first-order valence-electron chi connectivity index (χ1n) is 9.57. The third-order valence-corrected chi connectivity index (χ3v) is 6.07. The summed E-state index contributed by atoms with van der Waals surface area (Å²) < 4.78 is 5.31. The Labute approximate surface area is 174 Å². The molecule has 6 nitrogen and oxygen atoms in total. The summed E-state index contributed by atoms with van der Waals surface area (Å²) in [6, 6.07) is 9.60. The minimum atomic E-state index is 0.0657. The quantitative estimate of drug-likeness (QED) is 0.421. The predicted molar refractivity (Wildman–Crippen MR) is 111 cm³/mol. The zero-order chi connectivity index (χ0) is 19.3. The number of hydrogen-bond donors (Lipinski definition) is 0. The summed E-state index contributed by atoms with van der Waals surface area (Å²) in [5, 5.41) is 1.16. The van der Waals surface area contributed by atoms with Gasteiger partial charge in [0.05, 0.1) is 13.2 Å². The lowest BCUT2D eigenvalue weighted by Gasteiger charge is -2.26. The highest BCUT2D eigenvalue weighted by Crippen LogP contribution is 2.26. The lowest BCUT2D eigenvalue weighted by atomic mass is 10.1. The number of halogens is 1. The second-order valence-electron chi connectivity index (χ2n) is 6.92. The number of thioether (sulfide) groups is 1. The average Bonchev–Trinajstić information content (AvgIpc) is 3.27. The van der Waals surface area contributed by atoms with Gasteiger partial charge in [0, 0.05) is 43.6 Å². The predicted octanol–water partition coefficient (Wildman–Crippen LogP) is 3.49. The van der Waals surface area contributed by atoms with E-state index in [2.05, 4.69) is 14.9 Å². The molecule has 0 saturated carbocycles. The minimum Gasteiger partial charge on any atom is -0.378 e. The largest absolute Gasteiger partial charge is 0.378 e. The molecule has 148 valence electrons. The summed E-state index contributed by atoms with van der Waals surface area (Å²) in [6.07, 6.45) is 2.39. The SMILES string of the molecule is O=C(c1ccc(CSc2nc(Cl)cc(N3CCCC3)n2)cc1)N1CCOCC1. The number of aromatic nitrogens is 2. The Hall–Kier alpha value is -1.83. The number of hydrogen-bond acceptors (Lipinski definition) is 6. The molecule has 1 aromatic carbocycles. The number of amides is 1. The Morgan fingerprint density at radius 3 is 2.50 bits per heavy atom. The number of anilines is 1. The molecule has 2 aliphatic heterocycles. The highest BCUT2D eigenvalue weighted by molar-refractivity contribution is 7.98. The van der Waals surface area contributed by atoms with Crippen molar-refractivity contribution in [3.8, 4) is 0 Å². The molecule has 28 heavy (non-hydrogen) atoms. The van der Waals surface area contributed by atoms with Crippen molar-refractivity contribution in [1.82, 2.24) is 14.9 Å². The van der Waals surface area contributed by atoms with E-state index in [0.29, 0.717) is 42.2 Å². The monoisotopic (exact) mass is 418 g/mol. The van der Waals surface area contributed by atoms with Gasteiger partial charge in [0.25, 0.3) is 5.91 Å². The van der Waals surface area contributed by atoms with Crippen molar-refractivity contribution in [2.45, 2.75) is 23.8 Å². The Kier molecular flexibility index (Phi) is 6.34. The molecular weight excluding hydrogens is 396 g/mol. The van der Waals surface area contributed by atoms with E-state index in [0.717, 1.165) is 30.2 Å². The second-order valence-corrected chi connectivity index (χ2v) is 8.25. The van der Waals surface area contributed by atoms with Gasteiger partial charge in [0.2, 0.25) is 0 Å². The molecule has 2 saturated heterocycles. The van der Waals surface area contributed by atoms with E-state index in [1.54, 1.807) is 11.8 Å². The zero-order valence-corrected chi connectivity index (χ0v) is 17.2. The summed E-state index contributed by atoms with van der Waals surface area (Å²) in [5.41, 5.74) is 1.83. The number of benzene rings is 1. The van der Waals surface area contributed by atoms with E-state index in [4.69, 9.17) is 16.3 Å². The van der Waals surface area contributed by atoms with Crippen LogP contribution in [0.1, 0.15) is 28.8 Å². The van der Waals surface area contributed by atoms with E-state index in [9.17, 15) is 4.79 Å². The van der Waals surface area contributed by atoms with Crippen molar-refractivity contribution in [1.29, 1.82) is 0 Å². The first kappa shape index (κ1) is 19.5. The van der Waals surface area contributed by atoms with Gasteiger partial charge in [-0.2, -0.15) is 0 Å². The van der Waals surface area contributed by atoms with Crippen LogP contribution in [0.4, 0.5) is 5.82 Å². The fourth-order valence-electron chi connectivity index (χ4n) is 3.40. The maximum Gasteiger partial charge on any atom is 0.254 e. The molecule has 0 atom stereocenters. The third-order valence-electron chi connectivity index (χ3n) is 4.96. The molecule has 0 unspecified atom stereocenters. The molecule has 8 heteroatoms. The van der Waals surface area contributed by atoms with Gasteiger partial charge in [0.1, 0.15) is 11.0 Å². The van der Waals surface area contributed by atoms with Crippen molar-refractivity contribution < 1.29 is 9.53 Å². The van der Waals surface area contributed by atoms with Crippen LogP contribution >= 0.6 is 23.4 Å². The normalized spacial score (nSPS) is 17.2. The Morgan fingerprint density at radius 1 is 1.07 bits per heavy atom. The third kappa shape index (κ3) is 4.77. The van der Waals surface area contributed by atoms with Crippen LogP contribution < -0.4 is 4.90 Å². The number of rotatable bonds is 5. The first-order valence-corrected chi connectivity index (χ1v) is 10.9. The van der Waals surface area contributed by atoms with Gasteiger partial charge in [-0.25, -0.2) is 9.97 Å². The molecule has 0 radical (unpaired) electrons. The van der Waals surface area contributed by atoms with Gasteiger partial charge in [-0.05, 0) is 30.5 Å². The van der Waals surface area contributed by atoms with Gasteiger partial charge in [0.15, 0.2) is 5.16 Å². The molecule has 0 N–H and O–H groups in total. The first-order chi connectivity index (χ1) is 13.7. The van der Waals surface area contributed by atoms with Crippen molar-refractivity contribution in [3.63, 3.8) is 0 Å². The molecule has 3 heterocycles. The van der Waals surface area contributed by atoms with Crippen LogP contribution in [-0.4, -0.2) is 60.2 Å². The number of nitrogens with zero attached hydrogens (tertiary/aromatic N) is 4. The van der Waals surface area contributed by atoms with Crippen LogP contribution in [0.5, 0.6) is 0 Å². The van der Waals surface area contributed by atoms with Gasteiger partial charge in [-0.3, -0.25) is 4.79 Å². The van der Waals surface area contributed by atoms with E-state index < -0.39 is 0 Å². The average molecular weight is 419 g/mol.